The quantitative estimate of drug-likeness (QED) is 0.846. The second-order valence-corrected chi connectivity index (χ2v) is 5.53. The standard InChI is InChI=1S/C14H23NO2/c1-11-6-7-12(17-11)9-15-10-14(2)8-4-3-5-13(14)16/h6-7,13,15-16H,3-5,8-10H2,1-2H3. The van der Waals surface area contributed by atoms with Gasteiger partial charge in [-0.2, -0.15) is 0 Å². The van der Waals surface area contributed by atoms with Crippen molar-refractivity contribution in [3.05, 3.63) is 23.7 Å². The van der Waals surface area contributed by atoms with E-state index in [4.69, 9.17) is 4.42 Å². The van der Waals surface area contributed by atoms with Crippen molar-refractivity contribution < 1.29 is 9.52 Å². The van der Waals surface area contributed by atoms with E-state index in [1.54, 1.807) is 0 Å². The van der Waals surface area contributed by atoms with E-state index in [2.05, 4.69) is 12.2 Å². The van der Waals surface area contributed by atoms with Gasteiger partial charge in [-0.25, -0.2) is 0 Å². The Morgan fingerprint density at radius 3 is 2.94 bits per heavy atom. The van der Waals surface area contributed by atoms with Gasteiger partial charge in [0.05, 0.1) is 12.6 Å². The topological polar surface area (TPSA) is 45.4 Å². The van der Waals surface area contributed by atoms with Crippen LogP contribution in [0.3, 0.4) is 0 Å². The fourth-order valence-electron chi connectivity index (χ4n) is 2.64. The molecule has 1 aliphatic carbocycles. The largest absolute Gasteiger partial charge is 0.465 e. The normalized spacial score (nSPS) is 29.5. The van der Waals surface area contributed by atoms with Crippen LogP contribution in [0.4, 0.5) is 0 Å². The summed E-state index contributed by atoms with van der Waals surface area (Å²) in [6, 6.07) is 3.98. The summed E-state index contributed by atoms with van der Waals surface area (Å²) in [7, 11) is 0. The molecule has 1 saturated carbocycles. The summed E-state index contributed by atoms with van der Waals surface area (Å²) < 4.78 is 5.51. The molecule has 2 unspecified atom stereocenters. The molecule has 1 fully saturated rings. The van der Waals surface area contributed by atoms with Crippen LogP contribution in [-0.2, 0) is 6.54 Å². The fourth-order valence-corrected chi connectivity index (χ4v) is 2.64. The highest BCUT2D eigenvalue weighted by Crippen LogP contribution is 2.35. The molecule has 1 aromatic rings. The Morgan fingerprint density at radius 2 is 2.29 bits per heavy atom. The molecule has 2 atom stereocenters. The summed E-state index contributed by atoms with van der Waals surface area (Å²) in [5, 5.41) is 13.5. The third kappa shape index (κ3) is 3.11. The Bertz CT molecular complexity index is 361. The van der Waals surface area contributed by atoms with Crippen LogP contribution in [0.5, 0.6) is 0 Å². The maximum atomic E-state index is 10.1. The zero-order chi connectivity index (χ0) is 12.3. The minimum atomic E-state index is -0.165. The van der Waals surface area contributed by atoms with Crippen LogP contribution in [0.25, 0.3) is 0 Å². The second kappa shape index (κ2) is 5.23. The molecule has 3 nitrogen and oxygen atoms in total. The van der Waals surface area contributed by atoms with Gasteiger partial charge in [-0.15, -0.1) is 0 Å². The Kier molecular flexibility index (Phi) is 3.89. The van der Waals surface area contributed by atoms with Crippen molar-refractivity contribution in [1.29, 1.82) is 0 Å². The van der Waals surface area contributed by atoms with Gasteiger partial charge >= 0.3 is 0 Å². The molecule has 0 aromatic carbocycles. The molecule has 0 amide bonds. The Labute approximate surface area is 103 Å². The van der Waals surface area contributed by atoms with Gasteiger partial charge in [0.25, 0.3) is 0 Å². The molecule has 0 radical (unpaired) electrons. The zero-order valence-corrected chi connectivity index (χ0v) is 10.8. The molecular weight excluding hydrogens is 214 g/mol. The second-order valence-electron chi connectivity index (χ2n) is 5.53. The summed E-state index contributed by atoms with van der Waals surface area (Å²) in [6.45, 7) is 5.73. The van der Waals surface area contributed by atoms with Crippen molar-refractivity contribution in [3.63, 3.8) is 0 Å². The molecule has 0 spiro atoms. The summed E-state index contributed by atoms with van der Waals surface area (Å²) in [6.07, 6.45) is 4.28. The van der Waals surface area contributed by atoms with E-state index in [0.29, 0.717) is 0 Å². The first-order valence-corrected chi connectivity index (χ1v) is 6.54. The van der Waals surface area contributed by atoms with Gasteiger partial charge in [-0.1, -0.05) is 19.8 Å². The van der Waals surface area contributed by atoms with Crippen LogP contribution < -0.4 is 5.32 Å². The fraction of sp³-hybridized carbons (Fsp3) is 0.714. The van der Waals surface area contributed by atoms with Gasteiger partial charge < -0.3 is 14.8 Å². The monoisotopic (exact) mass is 237 g/mol. The summed E-state index contributed by atoms with van der Waals surface area (Å²) in [5.74, 6) is 1.92. The maximum Gasteiger partial charge on any atom is 0.117 e. The lowest BCUT2D eigenvalue weighted by atomic mass is 9.73. The van der Waals surface area contributed by atoms with Crippen molar-refractivity contribution in [2.45, 2.75) is 52.2 Å². The van der Waals surface area contributed by atoms with Crippen LogP contribution in [0.1, 0.15) is 44.1 Å². The molecule has 3 heteroatoms. The number of furan rings is 1. The molecule has 1 aliphatic rings. The average molecular weight is 237 g/mol. The van der Waals surface area contributed by atoms with E-state index in [9.17, 15) is 5.11 Å². The Morgan fingerprint density at radius 1 is 1.47 bits per heavy atom. The van der Waals surface area contributed by atoms with Crippen LogP contribution in [0.15, 0.2) is 16.5 Å². The first-order valence-electron chi connectivity index (χ1n) is 6.54. The summed E-state index contributed by atoms with van der Waals surface area (Å²) in [4.78, 5) is 0. The van der Waals surface area contributed by atoms with E-state index in [1.165, 1.54) is 6.42 Å². The van der Waals surface area contributed by atoms with E-state index in [1.807, 2.05) is 19.1 Å². The molecule has 96 valence electrons. The van der Waals surface area contributed by atoms with Crippen molar-refractivity contribution in [2.24, 2.45) is 5.41 Å². The number of rotatable bonds is 4. The van der Waals surface area contributed by atoms with Gasteiger partial charge in [0.2, 0.25) is 0 Å². The van der Waals surface area contributed by atoms with Gasteiger partial charge in [0.1, 0.15) is 11.5 Å². The van der Waals surface area contributed by atoms with Crippen LogP contribution in [-0.4, -0.2) is 17.8 Å². The predicted molar refractivity (Wildman–Crippen MR) is 67.7 cm³/mol. The van der Waals surface area contributed by atoms with Crippen LogP contribution in [0, 0.1) is 12.3 Å². The zero-order valence-electron chi connectivity index (χ0n) is 10.8. The van der Waals surface area contributed by atoms with E-state index >= 15 is 0 Å². The van der Waals surface area contributed by atoms with E-state index < -0.39 is 0 Å². The molecule has 0 aliphatic heterocycles. The number of hydrogen-bond acceptors (Lipinski definition) is 3. The number of aliphatic hydroxyl groups excluding tert-OH is 1. The third-order valence-electron chi connectivity index (χ3n) is 3.90. The van der Waals surface area contributed by atoms with Crippen molar-refractivity contribution >= 4 is 0 Å². The van der Waals surface area contributed by atoms with Crippen LogP contribution in [0.2, 0.25) is 0 Å². The molecule has 17 heavy (non-hydrogen) atoms. The minimum absolute atomic E-state index is 0.0277. The van der Waals surface area contributed by atoms with Crippen molar-refractivity contribution in [3.8, 4) is 0 Å². The van der Waals surface area contributed by atoms with Gasteiger partial charge in [-0.3, -0.25) is 0 Å². The van der Waals surface area contributed by atoms with E-state index in [0.717, 1.165) is 43.9 Å². The highest BCUT2D eigenvalue weighted by molar-refractivity contribution is 5.05. The Hall–Kier alpha value is -0.800. The first-order chi connectivity index (χ1) is 8.10. The van der Waals surface area contributed by atoms with E-state index in [-0.39, 0.29) is 11.5 Å². The lowest BCUT2D eigenvalue weighted by molar-refractivity contribution is 0.000919. The highest BCUT2D eigenvalue weighted by Gasteiger charge is 2.34. The lowest BCUT2D eigenvalue weighted by Crippen LogP contribution is -2.43. The van der Waals surface area contributed by atoms with Gasteiger partial charge in [0, 0.05) is 12.0 Å². The molecular formula is C14H23NO2. The number of aliphatic hydroxyl groups is 1. The van der Waals surface area contributed by atoms with Gasteiger partial charge in [-0.05, 0) is 31.9 Å². The maximum absolute atomic E-state index is 10.1. The smallest absolute Gasteiger partial charge is 0.117 e. The number of nitrogens with one attached hydrogen (secondary N) is 1. The van der Waals surface area contributed by atoms with Crippen LogP contribution >= 0.6 is 0 Å². The average Bonchev–Trinajstić information content (AvgIpc) is 2.69. The Balaban J connectivity index is 1.81. The molecule has 1 aromatic heterocycles. The first kappa shape index (κ1) is 12.7. The highest BCUT2D eigenvalue weighted by atomic mass is 16.3. The molecule has 2 rings (SSSR count). The summed E-state index contributed by atoms with van der Waals surface area (Å²) in [5.41, 5.74) is 0.0277. The summed E-state index contributed by atoms with van der Waals surface area (Å²) >= 11 is 0. The molecule has 2 N–H and O–H groups in total. The molecule has 0 saturated heterocycles. The third-order valence-corrected chi connectivity index (χ3v) is 3.90. The minimum Gasteiger partial charge on any atom is -0.465 e. The number of hydrogen-bond donors (Lipinski definition) is 2. The number of aryl methyl sites for hydroxylation is 1. The van der Waals surface area contributed by atoms with Crippen molar-refractivity contribution in [2.75, 3.05) is 6.54 Å². The SMILES string of the molecule is Cc1ccc(CNCC2(C)CCCCC2O)o1. The van der Waals surface area contributed by atoms with Crippen molar-refractivity contribution in [1.82, 2.24) is 5.32 Å². The van der Waals surface area contributed by atoms with Gasteiger partial charge in [0.15, 0.2) is 0 Å². The lowest BCUT2D eigenvalue weighted by Gasteiger charge is -2.38. The molecule has 0 bridgehead atoms. The molecule has 1 heterocycles. The predicted octanol–water partition coefficient (Wildman–Crippen LogP) is 2.62.